The first-order valence-electron chi connectivity index (χ1n) is 6.81. The number of aliphatic carboxylic acids is 2. The molecule has 4 N–H and O–H groups in total. The van der Waals surface area contributed by atoms with Crippen LogP contribution >= 0.6 is 0 Å². The third-order valence-corrected chi connectivity index (χ3v) is 3.25. The van der Waals surface area contributed by atoms with Crippen molar-refractivity contribution in [3.8, 4) is 0 Å². The number of rotatable bonds is 9. The van der Waals surface area contributed by atoms with E-state index in [1.54, 1.807) is 0 Å². The number of aliphatic hydroxyl groups is 2. The first-order valence-corrected chi connectivity index (χ1v) is 6.81. The zero-order valence-electron chi connectivity index (χ0n) is 12.7. The van der Waals surface area contributed by atoms with Gasteiger partial charge in [-0.1, -0.05) is 39.8 Å². The van der Waals surface area contributed by atoms with Crippen molar-refractivity contribution in [1.82, 2.24) is 0 Å². The van der Waals surface area contributed by atoms with Gasteiger partial charge in [-0.3, -0.25) is 0 Å². The highest BCUT2D eigenvalue weighted by molar-refractivity contribution is 5.86. The summed E-state index contributed by atoms with van der Waals surface area (Å²) in [4.78, 5) is 19.9. The van der Waals surface area contributed by atoms with Gasteiger partial charge < -0.3 is 20.4 Å². The number of hydrogen-bond donors (Lipinski definition) is 4. The Morgan fingerprint density at radius 3 is 1.90 bits per heavy atom. The minimum absolute atomic E-state index is 0.0687. The fourth-order valence-electron chi connectivity index (χ4n) is 1.73. The molecule has 0 aromatic heterocycles. The molecule has 0 saturated carbocycles. The first kappa shape index (κ1) is 21.6. The lowest BCUT2D eigenvalue weighted by Gasteiger charge is -2.25. The molecule has 21 heavy (non-hydrogen) atoms. The van der Waals surface area contributed by atoms with E-state index in [0.717, 1.165) is 12.5 Å². The van der Waals surface area contributed by atoms with Crippen LogP contribution in [0.15, 0.2) is 24.8 Å². The second-order valence-electron chi connectivity index (χ2n) is 4.68. The van der Waals surface area contributed by atoms with Crippen LogP contribution in [0.1, 0.15) is 33.1 Å². The Morgan fingerprint density at radius 1 is 1.19 bits per heavy atom. The molecule has 0 aromatic rings. The Bertz CT molecular complexity index is 346. The first-order chi connectivity index (χ1) is 9.74. The van der Waals surface area contributed by atoms with E-state index < -0.39 is 18.0 Å². The molecule has 0 spiro atoms. The molecule has 3 atom stereocenters. The minimum Gasteiger partial charge on any atom is -0.478 e. The van der Waals surface area contributed by atoms with E-state index in [9.17, 15) is 14.7 Å². The predicted molar refractivity (Wildman–Crippen MR) is 79.9 cm³/mol. The summed E-state index contributed by atoms with van der Waals surface area (Å²) in [5.41, 5.74) is -0.167. The molecule has 0 bridgehead atoms. The Balaban J connectivity index is 0. The number of carboxylic acids is 2. The summed E-state index contributed by atoms with van der Waals surface area (Å²) >= 11 is 0. The van der Waals surface area contributed by atoms with Gasteiger partial charge in [0.1, 0.15) is 0 Å². The lowest BCUT2D eigenvalue weighted by molar-refractivity contribution is -0.134. The van der Waals surface area contributed by atoms with Crippen LogP contribution in [-0.4, -0.2) is 45.1 Å². The Hall–Kier alpha value is -1.66. The van der Waals surface area contributed by atoms with Gasteiger partial charge in [0, 0.05) is 12.7 Å². The van der Waals surface area contributed by atoms with Gasteiger partial charge in [0.25, 0.3) is 0 Å². The number of carbonyl (C=O) groups is 2. The molecule has 0 aliphatic carbocycles. The monoisotopic (exact) mass is 302 g/mol. The highest BCUT2D eigenvalue weighted by Gasteiger charge is 2.26. The van der Waals surface area contributed by atoms with E-state index in [2.05, 4.69) is 13.2 Å². The summed E-state index contributed by atoms with van der Waals surface area (Å²) in [5.74, 6) is -2.19. The smallest absolute Gasteiger partial charge is 0.333 e. The van der Waals surface area contributed by atoms with Crippen molar-refractivity contribution >= 4 is 11.9 Å². The molecule has 0 saturated heterocycles. The lowest BCUT2D eigenvalue weighted by Crippen LogP contribution is -2.28. The molecule has 0 aliphatic rings. The molecule has 0 fully saturated rings. The van der Waals surface area contributed by atoms with Crippen LogP contribution < -0.4 is 0 Å². The lowest BCUT2D eigenvalue weighted by atomic mass is 9.85. The largest absolute Gasteiger partial charge is 0.478 e. The van der Waals surface area contributed by atoms with Crippen LogP contribution in [0.25, 0.3) is 0 Å². The van der Waals surface area contributed by atoms with E-state index >= 15 is 0 Å². The van der Waals surface area contributed by atoms with Crippen molar-refractivity contribution in [3.05, 3.63) is 24.8 Å². The number of hydrogen-bond acceptors (Lipinski definition) is 4. The van der Waals surface area contributed by atoms with Crippen LogP contribution in [0.5, 0.6) is 0 Å². The zero-order chi connectivity index (χ0) is 17.0. The van der Waals surface area contributed by atoms with Crippen molar-refractivity contribution in [3.63, 3.8) is 0 Å². The van der Waals surface area contributed by atoms with Gasteiger partial charge in [0.2, 0.25) is 0 Å². The van der Waals surface area contributed by atoms with Gasteiger partial charge in [0.05, 0.1) is 11.7 Å². The normalized spacial score (nSPS) is 14.1. The van der Waals surface area contributed by atoms with Crippen LogP contribution in [0.4, 0.5) is 0 Å². The topological polar surface area (TPSA) is 115 Å². The van der Waals surface area contributed by atoms with Gasteiger partial charge in [0.15, 0.2) is 0 Å². The van der Waals surface area contributed by atoms with Gasteiger partial charge in [-0.25, -0.2) is 9.59 Å². The van der Waals surface area contributed by atoms with Crippen molar-refractivity contribution in [2.75, 3.05) is 6.61 Å². The second kappa shape index (κ2) is 12.1. The summed E-state index contributed by atoms with van der Waals surface area (Å²) in [7, 11) is 0. The molecule has 0 aliphatic heterocycles. The molecule has 0 amide bonds. The summed E-state index contributed by atoms with van der Waals surface area (Å²) in [6.45, 7) is 10.3. The molecule has 3 unspecified atom stereocenters. The zero-order valence-corrected chi connectivity index (χ0v) is 12.7. The quantitative estimate of drug-likeness (QED) is 0.482. The average molecular weight is 302 g/mol. The van der Waals surface area contributed by atoms with Crippen molar-refractivity contribution in [2.24, 2.45) is 11.8 Å². The highest BCUT2D eigenvalue weighted by Crippen LogP contribution is 2.24. The van der Waals surface area contributed by atoms with E-state index in [1.807, 2.05) is 13.8 Å². The standard InChI is InChI=1S/C12H22O4.C3H4O2/c1-4-9(7-13)6-10(5-2)11(14)8(3)12(15)16;1-2-3(4)5/h9-11,13-14H,3-7H2,1-2H3,(H,15,16);2H,1H2,(H,4,5). The Kier molecular flexibility index (Phi) is 12.5. The summed E-state index contributed by atoms with van der Waals surface area (Å²) in [6.07, 6.45) is 1.92. The predicted octanol–water partition coefficient (Wildman–Crippen LogP) is 1.68. The van der Waals surface area contributed by atoms with Crippen molar-refractivity contribution in [1.29, 1.82) is 0 Å². The van der Waals surface area contributed by atoms with E-state index in [4.69, 9.17) is 15.3 Å². The van der Waals surface area contributed by atoms with E-state index in [1.165, 1.54) is 0 Å². The summed E-state index contributed by atoms with van der Waals surface area (Å²) < 4.78 is 0. The Morgan fingerprint density at radius 2 is 1.67 bits per heavy atom. The third kappa shape index (κ3) is 9.81. The van der Waals surface area contributed by atoms with Gasteiger partial charge >= 0.3 is 11.9 Å². The summed E-state index contributed by atoms with van der Waals surface area (Å²) in [6, 6.07) is 0. The maximum absolute atomic E-state index is 10.7. The third-order valence-electron chi connectivity index (χ3n) is 3.25. The average Bonchev–Trinajstić information content (AvgIpc) is 2.47. The van der Waals surface area contributed by atoms with E-state index in [-0.39, 0.29) is 24.0 Å². The highest BCUT2D eigenvalue weighted by atomic mass is 16.4. The van der Waals surface area contributed by atoms with Crippen LogP contribution in [0, 0.1) is 11.8 Å². The molecular weight excluding hydrogens is 276 g/mol. The fraction of sp³-hybridized carbons (Fsp3) is 0.600. The number of aliphatic hydroxyl groups excluding tert-OH is 2. The van der Waals surface area contributed by atoms with Gasteiger partial charge in [-0.05, 0) is 18.3 Å². The molecule has 0 radical (unpaired) electrons. The molecular formula is C15H26O6. The number of carboxylic acid groups (broad SMARTS) is 2. The second-order valence-corrected chi connectivity index (χ2v) is 4.68. The maximum atomic E-state index is 10.7. The summed E-state index contributed by atoms with van der Waals surface area (Å²) in [5, 5.41) is 35.2. The van der Waals surface area contributed by atoms with Crippen LogP contribution in [0.2, 0.25) is 0 Å². The van der Waals surface area contributed by atoms with Crippen molar-refractivity contribution < 1.29 is 30.0 Å². The molecule has 122 valence electrons. The molecule has 6 nitrogen and oxygen atoms in total. The van der Waals surface area contributed by atoms with Gasteiger partial charge in [-0.2, -0.15) is 0 Å². The van der Waals surface area contributed by atoms with Gasteiger partial charge in [-0.15, -0.1) is 0 Å². The van der Waals surface area contributed by atoms with Crippen LogP contribution in [0.3, 0.4) is 0 Å². The minimum atomic E-state index is -1.16. The maximum Gasteiger partial charge on any atom is 0.333 e. The fourth-order valence-corrected chi connectivity index (χ4v) is 1.73. The molecule has 0 heterocycles. The van der Waals surface area contributed by atoms with Crippen LogP contribution in [-0.2, 0) is 9.59 Å². The molecule has 0 aromatic carbocycles. The molecule has 0 rings (SSSR count). The Labute approximate surface area is 125 Å². The van der Waals surface area contributed by atoms with Crippen molar-refractivity contribution in [2.45, 2.75) is 39.2 Å². The van der Waals surface area contributed by atoms with E-state index in [0.29, 0.717) is 12.8 Å². The molecule has 6 heteroatoms. The SMILES string of the molecule is C=C(C(=O)O)C(O)C(CC)CC(CC)CO.C=CC(=O)O.